The van der Waals surface area contributed by atoms with Gasteiger partial charge < -0.3 is 5.73 Å². The van der Waals surface area contributed by atoms with Gasteiger partial charge in [0.25, 0.3) is 0 Å². The van der Waals surface area contributed by atoms with Crippen molar-refractivity contribution < 1.29 is 13.2 Å². The first-order valence-electron chi connectivity index (χ1n) is 6.40. The number of fused-ring (bicyclic) bond motifs is 1. The van der Waals surface area contributed by atoms with E-state index < -0.39 is 12.6 Å². The van der Waals surface area contributed by atoms with Crippen LogP contribution in [0.1, 0.15) is 48.4 Å². The summed E-state index contributed by atoms with van der Waals surface area (Å²) in [7, 11) is 0. The van der Waals surface area contributed by atoms with Gasteiger partial charge in [0.1, 0.15) is 0 Å². The number of halogens is 3. The van der Waals surface area contributed by atoms with Gasteiger partial charge in [0.15, 0.2) is 0 Å². The van der Waals surface area contributed by atoms with E-state index in [2.05, 4.69) is 12.1 Å². The first-order chi connectivity index (χ1) is 8.46. The Bertz CT molecular complexity index is 412. The van der Waals surface area contributed by atoms with Crippen molar-refractivity contribution in [3.05, 3.63) is 34.9 Å². The minimum absolute atomic E-state index is 0.0990. The van der Waals surface area contributed by atoms with E-state index in [0.29, 0.717) is 6.42 Å². The fraction of sp³-hybridized carbons (Fsp3) is 0.571. The Morgan fingerprint density at radius 1 is 1.17 bits per heavy atom. The molecule has 1 atom stereocenters. The number of nitrogens with two attached hydrogens (primary N) is 1. The Morgan fingerprint density at radius 2 is 1.89 bits per heavy atom. The first-order valence-corrected chi connectivity index (χ1v) is 6.40. The first kappa shape index (κ1) is 13.4. The van der Waals surface area contributed by atoms with E-state index >= 15 is 0 Å². The Labute approximate surface area is 105 Å². The highest BCUT2D eigenvalue weighted by Gasteiger charge is 2.26. The Balaban J connectivity index is 1.91. The van der Waals surface area contributed by atoms with Gasteiger partial charge in [-0.05, 0) is 48.8 Å². The van der Waals surface area contributed by atoms with Gasteiger partial charge in [-0.1, -0.05) is 18.2 Å². The predicted molar refractivity (Wildman–Crippen MR) is 65.3 cm³/mol. The summed E-state index contributed by atoms with van der Waals surface area (Å²) in [6.45, 7) is 0. The lowest BCUT2D eigenvalue weighted by Gasteiger charge is -2.14. The van der Waals surface area contributed by atoms with Crippen LogP contribution in [-0.2, 0) is 12.8 Å². The number of benzene rings is 1. The molecule has 0 amide bonds. The van der Waals surface area contributed by atoms with Gasteiger partial charge >= 0.3 is 6.18 Å². The zero-order valence-electron chi connectivity index (χ0n) is 10.3. The van der Waals surface area contributed by atoms with Crippen LogP contribution in [0.4, 0.5) is 13.2 Å². The molecule has 18 heavy (non-hydrogen) atoms. The van der Waals surface area contributed by atoms with Gasteiger partial charge in [0.05, 0.1) is 0 Å². The van der Waals surface area contributed by atoms with E-state index in [1.165, 1.54) is 17.5 Å². The fourth-order valence-corrected chi connectivity index (χ4v) is 2.51. The monoisotopic (exact) mass is 257 g/mol. The maximum Gasteiger partial charge on any atom is 0.389 e. The molecule has 0 radical (unpaired) electrons. The minimum Gasteiger partial charge on any atom is -0.324 e. The van der Waals surface area contributed by atoms with Crippen LogP contribution in [0, 0.1) is 0 Å². The van der Waals surface area contributed by atoms with E-state index in [0.717, 1.165) is 18.4 Å². The average Bonchev–Trinajstić information content (AvgIpc) is 2.73. The van der Waals surface area contributed by atoms with Crippen LogP contribution >= 0.6 is 0 Å². The van der Waals surface area contributed by atoms with Crippen LogP contribution in [0.5, 0.6) is 0 Å². The van der Waals surface area contributed by atoms with Crippen molar-refractivity contribution in [3.63, 3.8) is 0 Å². The second-order valence-corrected chi connectivity index (χ2v) is 5.00. The summed E-state index contributed by atoms with van der Waals surface area (Å²) >= 11 is 0. The summed E-state index contributed by atoms with van der Waals surface area (Å²) in [6, 6.07) is 5.82. The third kappa shape index (κ3) is 3.48. The van der Waals surface area contributed by atoms with E-state index in [-0.39, 0.29) is 12.5 Å². The second-order valence-electron chi connectivity index (χ2n) is 5.00. The molecule has 1 aliphatic rings. The molecule has 0 fully saturated rings. The summed E-state index contributed by atoms with van der Waals surface area (Å²) < 4.78 is 36.1. The molecule has 100 valence electrons. The van der Waals surface area contributed by atoms with Crippen molar-refractivity contribution >= 4 is 0 Å². The van der Waals surface area contributed by atoms with Crippen LogP contribution in [0.15, 0.2) is 18.2 Å². The van der Waals surface area contributed by atoms with Gasteiger partial charge in [-0.25, -0.2) is 0 Å². The van der Waals surface area contributed by atoms with Crippen LogP contribution in [0.2, 0.25) is 0 Å². The number of hydrogen-bond acceptors (Lipinski definition) is 1. The highest BCUT2D eigenvalue weighted by atomic mass is 19.4. The molecule has 1 aliphatic carbocycles. The van der Waals surface area contributed by atoms with Crippen LogP contribution in [0.25, 0.3) is 0 Å². The van der Waals surface area contributed by atoms with Crippen molar-refractivity contribution in [1.29, 1.82) is 0 Å². The Hall–Kier alpha value is -1.03. The summed E-state index contributed by atoms with van der Waals surface area (Å²) in [5.74, 6) is 0. The zero-order chi connectivity index (χ0) is 13.2. The number of rotatable bonds is 4. The van der Waals surface area contributed by atoms with Crippen molar-refractivity contribution in [1.82, 2.24) is 0 Å². The molecule has 0 heterocycles. The maximum atomic E-state index is 12.0. The van der Waals surface area contributed by atoms with Crippen molar-refractivity contribution in [2.45, 2.75) is 50.7 Å². The molecule has 2 N–H and O–H groups in total. The maximum absolute atomic E-state index is 12.0. The third-order valence-corrected chi connectivity index (χ3v) is 3.53. The van der Waals surface area contributed by atoms with Crippen LogP contribution in [-0.4, -0.2) is 6.18 Å². The third-order valence-electron chi connectivity index (χ3n) is 3.53. The largest absolute Gasteiger partial charge is 0.389 e. The van der Waals surface area contributed by atoms with Gasteiger partial charge in [-0.2, -0.15) is 13.2 Å². The fourth-order valence-electron chi connectivity index (χ4n) is 2.51. The number of aryl methyl sites for hydroxylation is 2. The van der Waals surface area contributed by atoms with Crippen LogP contribution in [0.3, 0.4) is 0 Å². The van der Waals surface area contributed by atoms with Crippen molar-refractivity contribution in [3.8, 4) is 0 Å². The van der Waals surface area contributed by atoms with Crippen LogP contribution < -0.4 is 5.73 Å². The Morgan fingerprint density at radius 3 is 2.61 bits per heavy atom. The van der Waals surface area contributed by atoms with Crippen molar-refractivity contribution in [2.24, 2.45) is 5.73 Å². The van der Waals surface area contributed by atoms with E-state index in [1.807, 2.05) is 6.07 Å². The number of hydrogen-bond donors (Lipinski definition) is 1. The molecule has 0 saturated heterocycles. The highest BCUT2D eigenvalue weighted by Crippen LogP contribution is 2.28. The molecule has 0 saturated carbocycles. The van der Waals surface area contributed by atoms with Gasteiger partial charge in [-0.15, -0.1) is 0 Å². The molecule has 1 aromatic carbocycles. The summed E-state index contributed by atoms with van der Waals surface area (Å²) in [4.78, 5) is 0. The molecular weight excluding hydrogens is 239 g/mol. The molecule has 0 aliphatic heterocycles. The minimum atomic E-state index is -4.07. The average molecular weight is 257 g/mol. The predicted octanol–water partition coefficient (Wildman–Crippen LogP) is 3.91. The van der Waals surface area contributed by atoms with E-state index in [1.54, 1.807) is 0 Å². The standard InChI is InChI=1S/C14H18F3N/c15-14(16,17)8-2-5-13(18)12-7-6-10-3-1-4-11(10)9-12/h6-7,9,13H,1-5,8,18H2. The molecule has 0 bridgehead atoms. The molecule has 1 unspecified atom stereocenters. The molecule has 1 aromatic rings. The van der Waals surface area contributed by atoms with E-state index in [9.17, 15) is 13.2 Å². The molecule has 0 aromatic heterocycles. The van der Waals surface area contributed by atoms with E-state index in [4.69, 9.17) is 5.73 Å². The van der Waals surface area contributed by atoms with Gasteiger partial charge in [0, 0.05) is 12.5 Å². The Kier molecular flexibility index (Phi) is 3.95. The quantitative estimate of drug-likeness (QED) is 0.869. The number of alkyl halides is 3. The molecule has 0 spiro atoms. The SMILES string of the molecule is NC(CCCC(F)(F)F)c1ccc2c(c1)CCC2. The molecule has 4 heteroatoms. The van der Waals surface area contributed by atoms with Gasteiger partial charge in [0.2, 0.25) is 0 Å². The lowest BCUT2D eigenvalue weighted by molar-refractivity contribution is -0.135. The lowest BCUT2D eigenvalue weighted by Crippen LogP contribution is -2.13. The molecule has 1 nitrogen and oxygen atoms in total. The van der Waals surface area contributed by atoms with Crippen molar-refractivity contribution in [2.75, 3.05) is 0 Å². The lowest BCUT2D eigenvalue weighted by atomic mass is 9.98. The topological polar surface area (TPSA) is 26.0 Å². The molecule has 2 rings (SSSR count). The van der Waals surface area contributed by atoms with Gasteiger partial charge in [-0.3, -0.25) is 0 Å². The summed E-state index contributed by atoms with van der Waals surface area (Å²) in [6.07, 6.45) is -0.983. The second kappa shape index (κ2) is 5.31. The summed E-state index contributed by atoms with van der Waals surface area (Å²) in [5.41, 5.74) is 9.60. The smallest absolute Gasteiger partial charge is 0.324 e. The summed E-state index contributed by atoms with van der Waals surface area (Å²) in [5, 5.41) is 0. The molecular formula is C14H18F3N. The normalized spacial score (nSPS) is 16.7. The highest BCUT2D eigenvalue weighted by molar-refractivity contribution is 5.36. The zero-order valence-corrected chi connectivity index (χ0v) is 10.3.